The van der Waals surface area contributed by atoms with Crippen molar-refractivity contribution in [3.05, 3.63) is 35.4 Å². The predicted octanol–water partition coefficient (Wildman–Crippen LogP) is 4.00. The van der Waals surface area contributed by atoms with Crippen molar-refractivity contribution >= 4 is 0 Å². The van der Waals surface area contributed by atoms with Crippen LogP contribution in [0.2, 0.25) is 0 Å². The first kappa shape index (κ1) is 14.5. The number of allylic oxidation sites excluding steroid dienone is 1. The Labute approximate surface area is 127 Å². The van der Waals surface area contributed by atoms with Crippen molar-refractivity contribution in [2.75, 3.05) is 19.8 Å². The van der Waals surface area contributed by atoms with Crippen LogP contribution in [0, 0.1) is 0 Å². The summed E-state index contributed by atoms with van der Waals surface area (Å²) in [6, 6.07) is 6.73. The molecule has 0 saturated carbocycles. The number of rotatable bonds is 5. The third-order valence-corrected chi connectivity index (χ3v) is 4.27. The van der Waals surface area contributed by atoms with E-state index < -0.39 is 0 Å². The molecule has 21 heavy (non-hydrogen) atoms. The van der Waals surface area contributed by atoms with Crippen LogP contribution in [0.5, 0.6) is 11.5 Å². The first-order valence-corrected chi connectivity index (χ1v) is 8.17. The van der Waals surface area contributed by atoms with E-state index in [4.69, 9.17) is 9.47 Å². The molecule has 1 heterocycles. The molecule has 1 aromatic rings. The third kappa shape index (κ3) is 3.59. The highest BCUT2D eigenvalue weighted by Gasteiger charge is 2.18. The lowest BCUT2D eigenvalue weighted by Crippen LogP contribution is -2.22. The van der Waals surface area contributed by atoms with Crippen LogP contribution in [0.25, 0.3) is 0 Å². The molecule has 0 bridgehead atoms. The fraction of sp³-hybridized carbons (Fsp3) is 0.556. The molecule has 0 saturated heterocycles. The molecular weight excluding hydrogens is 262 g/mol. The zero-order valence-electron chi connectivity index (χ0n) is 12.9. The van der Waals surface area contributed by atoms with Gasteiger partial charge in [0.25, 0.3) is 0 Å². The highest BCUT2D eigenvalue weighted by molar-refractivity contribution is 5.45. The molecule has 3 heteroatoms. The van der Waals surface area contributed by atoms with Crippen molar-refractivity contribution in [2.24, 2.45) is 0 Å². The van der Waals surface area contributed by atoms with E-state index in [-0.39, 0.29) is 0 Å². The summed E-state index contributed by atoms with van der Waals surface area (Å²) in [7, 11) is 0. The minimum Gasteiger partial charge on any atom is -0.486 e. The van der Waals surface area contributed by atoms with E-state index in [0.29, 0.717) is 19.3 Å². The Morgan fingerprint density at radius 2 is 2.00 bits per heavy atom. The standard InChI is InChI=1S/C18H25NO2/c1-2-19-16(12-14-6-4-3-5-7-14)15-8-9-17-18(13-15)21-11-10-20-17/h6,8-9,13,16,19H,2-5,7,10-12H2,1H3. The highest BCUT2D eigenvalue weighted by Crippen LogP contribution is 2.35. The maximum Gasteiger partial charge on any atom is 0.161 e. The summed E-state index contributed by atoms with van der Waals surface area (Å²) < 4.78 is 11.3. The van der Waals surface area contributed by atoms with Gasteiger partial charge in [-0.3, -0.25) is 0 Å². The fourth-order valence-electron chi connectivity index (χ4n) is 3.18. The van der Waals surface area contributed by atoms with Gasteiger partial charge in [-0.05, 0) is 56.3 Å². The van der Waals surface area contributed by atoms with Gasteiger partial charge < -0.3 is 14.8 Å². The lowest BCUT2D eigenvalue weighted by atomic mass is 9.91. The van der Waals surface area contributed by atoms with E-state index in [1.165, 1.54) is 31.2 Å². The normalized spacial score (nSPS) is 19.0. The van der Waals surface area contributed by atoms with E-state index in [2.05, 4.69) is 30.4 Å². The van der Waals surface area contributed by atoms with Crippen LogP contribution in [0.15, 0.2) is 29.8 Å². The number of hydrogen-bond acceptors (Lipinski definition) is 3. The minimum atomic E-state index is 0.371. The summed E-state index contributed by atoms with van der Waals surface area (Å²) in [6.45, 7) is 4.44. The zero-order chi connectivity index (χ0) is 14.5. The molecule has 1 aliphatic heterocycles. The zero-order valence-corrected chi connectivity index (χ0v) is 12.9. The fourth-order valence-corrected chi connectivity index (χ4v) is 3.18. The van der Waals surface area contributed by atoms with Gasteiger partial charge in [0.1, 0.15) is 13.2 Å². The molecule has 1 unspecified atom stereocenters. The van der Waals surface area contributed by atoms with Gasteiger partial charge >= 0.3 is 0 Å². The minimum absolute atomic E-state index is 0.371. The largest absolute Gasteiger partial charge is 0.486 e. The lowest BCUT2D eigenvalue weighted by molar-refractivity contribution is 0.171. The van der Waals surface area contributed by atoms with Gasteiger partial charge in [-0.2, -0.15) is 0 Å². The Morgan fingerprint density at radius 3 is 2.76 bits per heavy atom. The lowest BCUT2D eigenvalue weighted by Gasteiger charge is -2.24. The molecule has 3 rings (SSSR count). The second kappa shape index (κ2) is 6.99. The quantitative estimate of drug-likeness (QED) is 0.830. The maximum atomic E-state index is 5.71. The van der Waals surface area contributed by atoms with Gasteiger partial charge in [0, 0.05) is 6.04 Å². The molecule has 0 aromatic heterocycles. The average molecular weight is 287 g/mol. The van der Waals surface area contributed by atoms with E-state index in [1.54, 1.807) is 5.57 Å². The van der Waals surface area contributed by atoms with Gasteiger partial charge in [0.05, 0.1) is 0 Å². The number of ether oxygens (including phenoxy) is 2. The molecule has 0 fully saturated rings. The predicted molar refractivity (Wildman–Crippen MR) is 85.0 cm³/mol. The summed E-state index contributed by atoms with van der Waals surface area (Å²) in [5.74, 6) is 1.76. The van der Waals surface area contributed by atoms with Crippen molar-refractivity contribution in [1.29, 1.82) is 0 Å². The summed E-state index contributed by atoms with van der Waals surface area (Å²) in [5.41, 5.74) is 2.90. The van der Waals surface area contributed by atoms with Crippen molar-refractivity contribution < 1.29 is 9.47 Å². The molecule has 1 N–H and O–H groups in total. The van der Waals surface area contributed by atoms with Crippen molar-refractivity contribution in [2.45, 2.75) is 45.1 Å². The van der Waals surface area contributed by atoms with Crippen molar-refractivity contribution in [3.8, 4) is 11.5 Å². The molecule has 1 atom stereocenters. The van der Waals surface area contributed by atoms with Crippen LogP contribution < -0.4 is 14.8 Å². The Balaban J connectivity index is 1.77. The van der Waals surface area contributed by atoms with Crippen molar-refractivity contribution in [3.63, 3.8) is 0 Å². The molecule has 1 aromatic carbocycles. The molecule has 0 amide bonds. The van der Waals surface area contributed by atoms with Crippen LogP contribution in [0.1, 0.15) is 50.6 Å². The van der Waals surface area contributed by atoms with Gasteiger partial charge in [-0.25, -0.2) is 0 Å². The van der Waals surface area contributed by atoms with E-state index >= 15 is 0 Å². The Kier molecular flexibility index (Phi) is 4.81. The first-order chi connectivity index (χ1) is 10.4. The second-order valence-corrected chi connectivity index (χ2v) is 5.83. The summed E-state index contributed by atoms with van der Waals surface area (Å²) in [6.07, 6.45) is 8.73. The summed E-state index contributed by atoms with van der Waals surface area (Å²) in [5, 5.41) is 3.62. The smallest absolute Gasteiger partial charge is 0.161 e. The topological polar surface area (TPSA) is 30.5 Å². The highest BCUT2D eigenvalue weighted by atomic mass is 16.6. The van der Waals surface area contributed by atoms with Gasteiger partial charge in [0.2, 0.25) is 0 Å². The number of hydrogen-bond donors (Lipinski definition) is 1. The molecule has 1 aliphatic carbocycles. The van der Waals surface area contributed by atoms with Crippen LogP contribution in [0.3, 0.4) is 0 Å². The maximum absolute atomic E-state index is 5.71. The Bertz CT molecular complexity index is 510. The molecule has 0 radical (unpaired) electrons. The molecule has 0 spiro atoms. The van der Waals surface area contributed by atoms with Crippen LogP contribution in [0.4, 0.5) is 0 Å². The van der Waals surface area contributed by atoms with Gasteiger partial charge in [-0.1, -0.05) is 24.6 Å². The Hall–Kier alpha value is -1.48. The summed E-state index contributed by atoms with van der Waals surface area (Å²) in [4.78, 5) is 0. The third-order valence-electron chi connectivity index (χ3n) is 4.27. The van der Waals surface area contributed by atoms with Crippen LogP contribution in [-0.4, -0.2) is 19.8 Å². The number of fused-ring (bicyclic) bond motifs is 1. The van der Waals surface area contributed by atoms with Gasteiger partial charge in [0.15, 0.2) is 11.5 Å². The van der Waals surface area contributed by atoms with Gasteiger partial charge in [-0.15, -0.1) is 0 Å². The Morgan fingerprint density at radius 1 is 1.14 bits per heavy atom. The second-order valence-electron chi connectivity index (χ2n) is 5.83. The number of benzene rings is 1. The molecule has 2 aliphatic rings. The van der Waals surface area contributed by atoms with E-state index in [0.717, 1.165) is 24.5 Å². The molecule has 3 nitrogen and oxygen atoms in total. The van der Waals surface area contributed by atoms with Crippen LogP contribution in [-0.2, 0) is 0 Å². The molecule has 114 valence electrons. The van der Waals surface area contributed by atoms with Crippen molar-refractivity contribution in [1.82, 2.24) is 5.32 Å². The van der Waals surface area contributed by atoms with E-state index in [9.17, 15) is 0 Å². The molecular formula is C18H25NO2. The SMILES string of the molecule is CCNC(CC1=CCCCC1)c1ccc2c(c1)OCCO2. The summed E-state index contributed by atoms with van der Waals surface area (Å²) >= 11 is 0. The number of nitrogens with one attached hydrogen (secondary N) is 1. The van der Waals surface area contributed by atoms with E-state index in [1.807, 2.05) is 6.07 Å². The van der Waals surface area contributed by atoms with Crippen LogP contribution >= 0.6 is 0 Å². The average Bonchev–Trinajstić information content (AvgIpc) is 2.55. The monoisotopic (exact) mass is 287 g/mol. The first-order valence-electron chi connectivity index (χ1n) is 8.17.